The van der Waals surface area contributed by atoms with Crippen LogP contribution in [0.4, 0.5) is 0 Å². The van der Waals surface area contributed by atoms with Crippen molar-refractivity contribution < 1.29 is 14.6 Å². The molecule has 98 valence electrons. The van der Waals surface area contributed by atoms with E-state index in [2.05, 4.69) is 18.7 Å². The van der Waals surface area contributed by atoms with Crippen LogP contribution in [0.15, 0.2) is 0 Å². The van der Waals surface area contributed by atoms with E-state index in [1.165, 1.54) is 12.8 Å². The number of hydrogen-bond acceptors (Lipinski definition) is 3. The van der Waals surface area contributed by atoms with Gasteiger partial charge in [0.05, 0.1) is 6.10 Å². The first-order chi connectivity index (χ1) is 8.06. The number of carboxylic acid groups (broad SMARTS) is 1. The Labute approximate surface area is 103 Å². The number of ether oxygens (including phenoxy) is 1. The Kier molecular flexibility index (Phi) is 4.05. The van der Waals surface area contributed by atoms with Crippen LogP contribution in [0.3, 0.4) is 0 Å². The summed E-state index contributed by atoms with van der Waals surface area (Å²) in [7, 11) is 0. The van der Waals surface area contributed by atoms with Crippen molar-refractivity contribution in [2.24, 2.45) is 5.92 Å². The minimum Gasteiger partial charge on any atom is -0.479 e. The molecule has 1 aliphatic heterocycles. The molecule has 0 aromatic heterocycles. The fraction of sp³-hybridized carbons (Fsp3) is 0.923. The van der Waals surface area contributed by atoms with Crippen LogP contribution in [0, 0.1) is 5.92 Å². The molecule has 1 heterocycles. The van der Waals surface area contributed by atoms with Gasteiger partial charge in [-0.1, -0.05) is 13.8 Å². The molecule has 0 aromatic carbocycles. The molecule has 2 rings (SSSR count). The van der Waals surface area contributed by atoms with Crippen molar-refractivity contribution in [1.29, 1.82) is 0 Å². The summed E-state index contributed by atoms with van der Waals surface area (Å²) < 4.78 is 5.57. The summed E-state index contributed by atoms with van der Waals surface area (Å²) in [5, 5.41) is 8.89. The summed E-state index contributed by atoms with van der Waals surface area (Å²) >= 11 is 0. The number of aliphatic carboxylic acids is 1. The standard InChI is InChI=1S/C13H23NO3/c1-9(2)7-14(10-3-4-10)8-11-5-6-12(17-11)13(15)16/h9-12H,3-8H2,1-2H3,(H,15,16). The van der Waals surface area contributed by atoms with E-state index in [-0.39, 0.29) is 6.10 Å². The first-order valence-electron chi connectivity index (χ1n) is 6.68. The predicted octanol–water partition coefficient (Wildman–Crippen LogP) is 1.74. The summed E-state index contributed by atoms with van der Waals surface area (Å²) in [5.74, 6) is -0.151. The lowest BCUT2D eigenvalue weighted by Crippen LogP contribution is -2.37. The number of carbonyl (C=O) groups is 1. The average molecular weight is 241 g/mol. The molecule has 0 radical (unpaired) electrons. The normalized spacial score (nSPS) is 29.2. The van der Waals surface area contributed by atoms with Gasteiger partial charge in [0.25, 0.3) is 0 Å². The van der Waals surface area contributed by atoms with Gasteiger partial charge in [0.2, 0.25) is 0 Å². The topological polar surface area (TPSA) is 49.8 Å². The lowest BCUT2D eigenvalue weighted by Gasteiger charge is -2.26. The fourth-order valence-electron chi connectivity index (χ4n) is 2.56. The zero-order valence-electron chi connectivity index (χ0n) is 10.8. The molecule has 0 spiro atoms. The zero-order valence-corrected chi connectivity index (χ0v) is 10.8. The van der Waals surface area contributed by atoms with Crippen LogP contribution in [-0.2, 0) is 9.53 Å². The van der Waals surface area contributed by atoms with E-state index in [0.29, 0.717) is 12.3 Å². The third-order valence-electron chi connectivity index (χ3n) is 3.48. The van der Waals surface area contributed by atoms with Crippen LogP contribution >= 0.6 is 0 Å². The molecule has 4 nitrogen and oxygen atoms in total. The van der Waals surface area contributed by atoms with E-state index < -0.39 is 12.1 Å². The minimum absolute atomic E-state index is 0.121. The molecule has 1 N–H and O–H groups in total. The van der Waals surface area contributed by atoms with Gasteiger partial charge >= 0.3 is 5.97 Å². The SMILES string of the molecule is CC(C)CN(CC1CCC(C(=O)O)O1)C1CC1. The average Bonchev–Trinajstić information content (AvgIpc) is 2.97. The van der Waals surface area contributed by atoms with Crippen LogP contribution in [0.1, 0.15) is 39.5 Å². The fourth-order valence-corrected chi connectivity index (χ4v) is 2.56. The van der Waals surface area contributed by atoms with Gasteiger partial charge in [0, 0.05) is 19.1 Å². The lowest BCUT2D eigenvalue weighted by atomic mass is 10.1. The molecular formula is C13H23NO3. The van der Waals surface area contributed by atoms with Gasteiger partial charge in [0.1, 0.15) is 0 Å². The van der Waals surface area contributed by atoms with Crippen molar-refractivity contribution in [3.63, 3.8) is 0 Å². The first kappa shape index (κ1) is 12.8. The molecule has 2 unspecified atom stereocenters. The van der Waals surface area contributed by atoms with Gasteiger partial charge in [-0.25, -0.2) is 4.79 Å². The maximum absolute atomic E-state index is 10.8. The number of carboxylic acids is 1. The second-order valence-corrected chi connectivity index (χ2v) is 5.74. The van der Waals surface area contributed by atoms with Crippen LogP contribution < -0.4 is 0 Å². The molecule has 0 amide bonds. The number of nitrogens with zero attached hydrogens (tertiary/aromatic N) is 1. The van der Waals surface area contributed by atoms with E-state index in [0.717, 1.165) is 25.6 Å². The predicted molar refractivity (Wildman–Crippen MR) is 65.0 cm³/mol. The van der Waals surface area contributed by atoms with Crippen LogP contribution in [0.2, 0.25) is 0 Å². The molecular weight excluding hydrogens is 218 g/mol. The molecule has 4 heteroatoms. The molecule has 1 saturated carbocycles. The third kappa shape index (κ3) is 3.68. The van der Waals surface area contributed by atoms with Gasteiger partial charge < -0.3 is 9.84 Å². The Bertz CT molecular complexity index is 276. The molecule has 17 heavy (non-hydrogen) atoms. The third-order valence-corrected chi connectivity index (χ3v) is 3.48. The largest absolute Gasteiger partial charge is 0.479 e. The Morgan fingerprint density at radius 2 is 2.06 bits per heavy atom. The van der Waals surface area contributed by atoms with Gasteiger partial charge in [-0.2, -0.15) is 0 Å². The second kappa shape index (κ2) is 5.36. The Balaban J connectivity index is 1.80. The summed E-state index contributed by atoms with van der Waals surface area (Å²) in [6, 6.07) is 0.727. The summed E-state index contributed by atoms with van der Waals surface area (Å²) in [4.78, 5) is 13.3. The van der Waals surface area contributed by atoms with Crippen LogP contribution in [0.25, 0.3) is 0 Å². The van der Waals surface area contributed by atoms with E-state index in [4.69, 9.17) is 9.84 Å². The zero-order chi connectivity index (χ0) is 12.4. The monoisotopic (exact) mass is 241 g/mol. The number of hydrogen-bond donors (Lipinski definition) is 1. The molecule has 0 aromatic rings. The quantitative estimate of drug-likeness (QED) is 0.769. The highest BCUT2D eigenvalue weighted by Crippen LogP contribution is 2.30. The lowest BCUT2D eigenvalue weighted by molar-refractivity contribution is -0.149. The van der Waals surface area contributed by atoms with Crippen molar-refractivity contribution in [3.8, 4) is 0 Å². The Morgan fingerprint density at radius 1 is 1.35 bits per heavy atom. The van der Waals surface area contributed by atoms with Crippen molar-refractivity contribution in [1.82, 2.24) is 4.90 Å². The molecule has 1 aliphatic carbocycles. The van der Waals surface area contributed by atoms with Crippen molar-refractivity contribution >= 4 is 5.97 Å². The maximum Gasteiger partial charge on any atom is 0.332 e. The van der Waals surface area contributed by atoms with E-state index in [1.807, 2.05) is 0 Å². The van der Waals surface area contributed by atoms with Crippen LogP contribution in [-0.4, -0.2) is 47.3 Å². The molecule has 1 saturated heterocycles. The molecule has 0 bridgehead atoms. The van der Waals surface area contributed by atoms with Gasteiger partial charge in [-0.05, 0) is 31.6 Å². The first-order valence-corrected chi connectivity index (χ1v) is 6.68. The Hall–Kier alpha value is -0.610. The van der Waals surface area contributed by atoms with Gasteiger partial charge in [-0.15, -0.1) is 0 Å². The molecule has 2 fully saturated rings. The van der Waals surface area contributed by atoms with Crippen LogP contribution in [0.5, 0.6) is 0 Å². The van der Waals surface area contributed by atoms with E-state index in [1.54, 1.807) is 0 Å². The van der Waals surface area contributed by atoms with Gasteiger partial charge in [0.15, 0.2) is 6.10 Å². The Morgan fingerprint density at radius 3 is 2.53 bits per heavy atom. The molecule has 2 atom stereocenters. The second-order valence-electron chi connectivity index (χ2n) is 5.74. The van der Waals surface area contributed by atoms with Crippen molar-refractivity contribution in [2.75, 3.05) is 13.1 Å². The summed E-state index contributed by atoms with van der Waals surface area (Å²) in [6.45, 7) is 6.46. The van der Waals surface area contributed by atoms with E-state index in [9.17, 15) is 4.79 Å². The van der Waals surface area contributed by atoms with E-state index >= 15 is 0 Å². The van der Waals surface area contributed by atoms with Crippen molar-refractivity contribution in [3.05, 3.63) is 0 Å². The maximum atomic E-state index is 10.8. The van der Waals surface area contributed by atoms with Gasteiger partial charge in [-0.3, -0.25) is 4.90 Å². The minimum atomic E-state index is -0.811. The summed E-state index contributed by atoms with van der Waals surface area (Å²) in [5.41, 5.74) is 0. The highest BCUT2D eigenvalue weighted by atomic mass is 16.5. The molecule has 2 aliphatic rings. The van der Waals surface area contributed by atoms with Crippen molar-refractivity contribution in [2.45, 2.75) is 57.8 Å². The highest BCUT2D eigenvalue weighted by Gasteiger charge is 2.35. The smallest absolute Gasteiger partial charge is 0.332 e. The highest BCUT2D eigenvalue weighted by molar-refractivity contribution is 5.72. The summed E-state index contributed by atoms with van der Waals surface area (Å²) in [6.07, 6.45) is 3.69. The number of rotatable bonds is 6.